The van der Waals surface area contributed by atoms with Crippen molar-refractivity contribution in [3.8, 4) is 5.75 Å². The standard InChI is InChI=1S/C16H26N2O3/c1-12(6-5-9-19)17-13(2)10-16(20)18-14-7-4-8-15(11-14)21-3/h4,7-8,11-13,17,19H,5-6,9-10H2,1-3H3,(H,18,20). The average molecular weight is 294 g/mol. The lowest BCUT2D eigenvalue weighted by Crippen LogP contribution is -2.37. The number of amides is 1. The summed E-state index contributed by atoms with van der Waals surface area (Å²) in [4.78, 5) is 12.0. The molecule has 21 heavy (non-hydrogen) atoms. The number of anilines is 1. The Hall–Kier alpha value is -1.59. The van der Waals surface area contributed by atoms with E-state index < -0.39 is 0 Å². The van der Waals surface area contributed by atoms with Crippen molar-refractivity contribution in [1.82, 2.24) is 5.32 Å². The molecule has 1 rings (SSSR count). The predicted molar refractivity (Wildman–Crippen MR) is 84.6 cm³/mol. The number of hydrogen-bond donors (Lipinski definition) is 3. The molecule has 0 saturated carbocycles. The van der Waals surface area contributed by atoms with E-state index in [0.29, 0.717) is 6.42 Å². The molecule has 2 unspecified atom stereocenters. The van der Waals surface area contributed by atoms with Crippen LogP contribution in [-0.4, -0.2) is 36.8 Å². The fraction of sp³-hybridized carbons (Fsp3) is 0.562. The van der Waals surface area contributed by atoms with Crippen molar-refractivity contribution < 1.29 is 14.6 Å². The normalized spacial score (nSPS) is 13.5. The Balaban J connectivity index is 2.38. The van der Waals surface area contributed by atoms with Crippen LogP contribution >= 0.6 is 0 Å². The number of rotatable bonds is 9. The molecule has 0 fully saturated rings. The highest BCUT2D eigenvalue weighted by Crippen LogP contribution is 2.16. The fourth-order valence-corrected chi connectivity index (χ4v) is 2.22. The first-order valence-electron chi connectivity index (χ1n) is 7.36. The van der Waals surface area contributed by atoms with Gasteiger partial charge >= 0.3 is 0 Å². The van der Waals surface area contributed by atoms with Crippen LogP contribution in [0.2, 0.25) is 0 Å². The molecular formula is C16H26N2O3. The Kier molecular flexibility index (Phi) is 7.79. The van der Waals surface area contributed by atoms with Crippen LogP contribution in [0, 0.1) is 0 Å². The van der Waals surface area contributed by atoms with Crippen molar-refractivity contribution in [2.24, 2.45) is 0 Å². The van der Waals surface area contributed by atoms with Gasteiger partial charge in [-0.25, -0.2) is 0 Å². The maximum atomic E-state index is 12.0. The van der Waals surface area contributed by atoms with Crippen molar-refractivity contribution >= 4 is 11.6 Å². The minimum Gasteiger partial charge on any atom is -0.497 e. The van der Waals surface area contributed by atoms with Crippen LogP contribution < -0.4 is 15.4 Å². The Morgan fingerprint density at radius 1 is 1.33 bits per heavy atom. The van der Waals surface area contributed by atoms with Gasteiger partial charge in [-0.2, -0.15) is 0 Å². The second-order valence-corrected chi connectivity index (χ2v) is 5.32. The Labute approximate surface area is 126 Å². The molecule has 1 amide bonds. The van der Waals surface area contributed by atoms with Crippen LogP contribution in [0.5, 0.6) is 5.75 Å². The second-order valence-electron chi connectivity index (χ2n) is 5.32. The summed E-state index contributed by atoms with van der Waals surface area (Å²) in [6.07, 6.45) is 2.08. The van der Waals surface area contributed by atoms with Crippen molar-refractivity contribution in [2.45, 2.75) is 45.2 Å². The van der Waals surface area contributed by atoms with Gasteiger partial charge in [0, 0.05) is 36.9 Å². The first kappa shape index (κ1) is 17.5. The van der Waals surface area contributed by atoms with Crippen molar-refractivity contribution in [2.75, 3.05) is 19.0 Å². The predicted octanol–water partition coefficient (Wildman–Crippen LogP) is 2.16. The molecule has 0 aliphatic rings. The molecule has 1 aromatic rings. The Morgan fingerprint density at radius 2 is 2.10 bits per heavy atom. The molecule has 5 nitrogen and oxygen atoms in total. The largest absolute Gasteiger partial charge is 0.497 e. The number of aliphatic hydroxyl groups is 1. The molecular weight excluding hydrogens is 268 g/mol. The van der Waals surface area contributed by atoms with E-state index in [2.05, 4.69) is 17.6 Å². The van der Waals surface area contributed by atoms with E-state index in [1.165, 1.54) is 0 Å². The lowest BCUT2D eigenvalue weighted by atomic mass is 10.1. The number of methoxy groups -OCH3 is 1. The van der Waals surface area contributed by atoms with Gasteiger partial charge in [0.25, 0.3) is 0 Å². The van der Waals surface area contributed by atoms with Crippen molar-refractivity contribution in [3.63, 3.8) is 0 Å². The summed E-state index contributed by atoms with van der Waals surface area (Å²) in [6, 6.07) is 7.68. The molecule has 0 aliphatic carbocycles. The smallest absolute Gasteiger partial charge is 0.225 e. The lowest BCUT2D eigenvalue weighted by Gasteiger charge is -2.19. The van der Waals surface area contributed by atoms with Gasteiger partial charge in [-0.15, -0.1) is 0 Å². The fourth-order valence-electron chi connectivity index (χ4n) is 2.22. The summed E-state index contributed by atoms with van der Waals surface area (Å²) in [5.74, 6) is 0.689. The van der Waals surface area contributed by atoms with E-state index in [0.717, 1.165) is 24.3 Å². The number of aliphatic hydroxyl groups excluding tert-OH is 1. The molecule has 0 aliphatic heterocycles. The molecule has 118 valence electrons. The quantitative estimate of drug-likeness (QED) is 0.653. The summed E-state index contributed by atoms with van der Waals surface area (Å²) >= 11 is 0. The van der Waals surface area contributed by atoms with E-state index in [1.807, 2.05) is 25.1 Å². The molecule has 0 bridgehead atoms. The maximum Gasteiger partial charge on any atom is 0.225 e. The molecule has 0 aromatic heterocycles. The van der Waals surface area contributed by atoms with Crippen molar-refractivity contribution in [1.29, 1.82) is 0 Å². The highest BCUT2D eigenvalue weighted by molar-refractivity contribution is 5.91. The van der Waals surface area contributed by atoms with Gasteiger partial charge in [0.1, 0.15) is 5.75 Å². The number of carbonyl (C=O) groups is 1. The number of carbonyl (C=O) groups excluding carboxylic acids is 1. The third-order valence-electron chi connectivity index (χ3n) is 3.21. The zero-order valence-corrected chi connectivity index (χ0v) is 13.1. The van der Waals surface area contributed by atoms with Crippen LogP contribution in [-0.2, 0) is 4.79 Å². The highest BCUT2D eigenvalue weighted by atomic mass is 16.5. The summed E-state index contributed by atoms with van der Waals surface area (Å²) in [5.41, 5.74) is 0.736. The van der Waals surface area contributed by atoms with Crippen LogP contribution in [0.25, 0.3) is 0 Å². The van der Waals surface area contributed by atoms with Crippen LogP contribution in [0.15, 0.2) is 24.3 Å². The molecule has 0 spiro atoms. The van der Waals surface area contributed by atoms with Gasteiger partial charge in [0.2, 0.25) is 5.91 Å². The molecule has 0 saturated heterocycles. The van der Waals surface area contributed by atoms with Gasteiger partial charge in [0.05, 0.1) is 7.11 Å². The number of hydrogen-bond acceptors (Lipinski definition) is 4. The number of nitrogens with one attached hydrogen (secondary N) is 2. The molecule has 0 heterocycles. The maximum absolute atomic E-state index is 12.0. The van der Waals surface area contributed by atoms with Gasteiger partial charge in [-0.1, -0.05) is 6.07 Å². The first-order valence-corrected chi connectivity index (χ1v) is 7.36. The molecule has 0 radical (unpaired) electrons. The van der Waals surface area contributed by atoms with Gasteiger partial charge in [-0.05, 0) is 38.8 Å². The van der Waals surface area contributed by atoms with Crippen molar-refractivity contribution in [3.05, 3.63) is 24.3 Å². The molecule has 5 heteroatoms. The lowest BCUT2D eigenvalue weighted by molar-refractivity contribution is -0.116. The third kappa shape index (κ3) is 7.11. The molecule has 2 atom stereocenters. The van der Waals surface area contributed by atoms with E-state index >= 15 is 0 Å². The van der Waals surface area contributed by atoms with E-state index in [1.54, 1.807) is 13.2 Å². The Bertz CT molecular complexity index is 437. The second kappa shape index (κ2) is 9.37. The topological polar surface area (TPSA) is 70.6 Å². The first-order chi connectivity index (χ1) is 10.0. The Morgan fingerprint density at radius 3 is 2.76 bits per heavy atom. The summed E-state index contributed by atoms with van der Waals surface area (Å²) in [6.45, 7) is 4.25. The summed E-state index contributed by atoms with van der Waals surface area (Å²) in [7, 11) is 1.60. The molecule has 1 aromatic carbocycles. The minimum absolute atomic E-state index is 0.0300. The van der Waals surface area contributed by atoms with Gasteiger partial charge < -0.3 is 20.5 Å². The van der Waals surface area contributed by atoms with E-state index in [-0.39, 0.29) is 24.6 Å². The number of ether oxygens (including phenoxy) is 1. The average Bonchev–Trinajstić information content (AvgIpc) is 2.44. The van der Waals surface area contributed by atoms with Gasteiger partial charge in [-0.3, -0.25) is 4.79 Å². The zero-order valence-electron chi connectivity index (χ0n) is 13.1. The number of benzene rings is 1. The SMILES string of the molecule is COc1cccc(NC(=O)CC(C)NC(C)CCCO)c1. The molecule has 3 N–H and O–H groups in total. The highest BCUT2D eigenvalue weighted by Gasteiger charge is 2.12. The monoisotopic (exact) mass is 294 g/mol. The van der Waals surface area contributed by atoms with E-state index in [9.17, 15) is 4.79 Å². The summed E-state index contributed by atoms with van der Waals surface area (Å²) < 4.78 is 5.12. The minimum atomic E-state index is -0.0300. The summed E-state index contributed by atoms with van der Waals surface area (Å²) in [5, 5.41) is 15.0. The van der Waals surface area contributed by atoms with E-state index in [4.69, 9.17) is 9.84 Å². The van der Waals surface area contributed by atoms with Crippen LogP contribution in [0.3, 0.4) is 0 Å². The van der Waals surface area contributed by atoms with Crippen LogP contribution in [0.4, 0.5) is 5.69 Å². The zero-order chi connectivity index (χ0) is 15.7. The van der Waals surface area contributed by atoms with Gasteiger partial charge in [0.15, 0.2) is 0 Å². The van der Waals surface area contributed by atoms with Crippen LogP contribution in [0.1, 0.15) is 33.1 Å². The third-order valence-corrected chi connectivity index (χ3v) is 3.21.